The molecule has 0 bridgehead atoms. The van der Waals surface area contributed by atoms with Crippen molar-refractivity contribution in [2.45, 2.75) is 104 Å². The van der Waals surface area contributed by atoms with Gasteiger partial charge in [0.05, 0.1) is 6.20 Å². The number of oxazole rings is 1. The smallest absolute Gasteiger partial charge is 0.407 e. The minimum atomic E-state index is -0.476. The SMILES string of the molecule is CCNC(=NCc1ncc(C(C)(C)C)o1)NC1CCC(NC(=O)OC(C)(C)C)CC1.I. The maximum atomic E-state index is 12.0. The molecule has 0 radical (unpaired) electrons. The van der Waals surface area contributed by atoms with Crippen molar-refractivity contribution in [1.82, 2.24) is 20.9 Å². The lowest BCUT2D eigenvalue weighted by molar-refractivity contribution is 0.0490. The number of rotatable bonds is 5. The molecule has 3 N–H and O–H groups in total. The molecule has 178 valence electrons. The number of aliphatic imine (C=N–C) groups is 1. The Morgan fingerprint density at radius 1 is 1.13 bits per heavy atom. The number of guanidine groups is 1. The Bertz CT molecular complexity index is 713. The molecule has 9 heteroatoms. The van der Waals surface area contributed by atoms with Crippen molar-refractivity contribution in [1.29, 1.82) is 0 Å². The van der Waals surface area contributed by atoms with Crippen LogP contribution in [-0.2, 0) is 16.7 Å². The highest BCUT2D eigenvalue weighted by molar-refractivity contribution is 14.0. The highest BCUT2D eigenvalue weighted by atomic mass is 127. The lowest BCUT2D eigenvalue weighted by atomic mass is 9.91. The molecule has 1 amide bonds. The van der Waals surface area contributed by atoms with Crippen LogP contribution in [0.4, 0.5) is 4.79 Å². The molecule has 31 heavy (non-hydrogen) atoms. The molecule has 1 fully saturated rings. The van der Waals surface area contributed by atoms with Gasteiger partial charge in [-0.2, -0.15) is 0 Å². The number of halogens is 1. The Balaban J connectivity index is 0.00000480. The first-order valence-corrected chi connectivity index (χ1v) is 11.0. The Morgan fingerprint density at radius 2 is 1.71 bits per heavy atom. The zero-order valence-corrected chi connectivity index (χ0v) is 22.3. The van der Waals surface area contributed by atoms with E-state index in [4.69, 9.17) is 9.15 Å². The van der Waals surface area contributed by atoms with Crippen LogP contribution in [0.2, 0.25) is 0 Å². The average molecular weight is 549 g/mol. The Hall–Kier alpha value is -1.52. The number of hydrogen-bond donors (Lipinski definition) is 3. The van der Waals surface area contributed by atoms with Gasteiger partial charge in [0.25, 0.3) is 0 Å². The summed E-state index contributed by atoms with van der Waals surface area (Å²) < 4.78 is 11.2. The second kappa shape index (κ2) is 11.9. The van der Waals surface area contributed by atoms with E-state index in [1.54, 1.807) is 6.20 Å². The van der Waals surface area contributed by atoms with Gasteiger partial charge in [-0.1, -0.05) is 20.8 Å². The zero-order valence-electron chi connectivity index (χ0n) is 20.0. The molecule has 8 nitrogen and oxygen atoms in total. The summed E-state index contributed by atoms with van der Waals surface area (Å²) in [5.74, 6) is 2.24. The van der Waals surface area contributed by atoms with Crippen LogP contribution in [0.5, 0.6) is 0 Å². The summed E-state index contributed by atoms with van der Waals surface area (Å²) in [5.41, 5.74) is -0.541. The first-order valence-electron chi connectivity index (χ1n) is 11.0. The van der Waals surface area contributed by atoms with Crippen LogP contribution in [0.3, 0.4) is 0 Å². The molecule has 1 aliphatic rings. The molecule has 0 atom stereocenters. The van der Waals surface area contributed by atoms with Crippen LogP contribution in [0.25, 0.3) is 0 Å². The fraction of sp³-hybridized carbons (Fsp3) is 0.773. The van der Waals surface area contributed by atoms with Crippen molar-refractivity contribution in [3.05, 3.63) is 17.8 Å². The minimum absolute atomic E-state index is 0. The number of carbonyl (C=O) groups is 1. The fourth-order valence-electron chi connectivity index (χ4n) is 3.25. The van der Waals surface area contributed by atoms with Gasteiger partial charge in [0, 0.05) is 24.0 Å². The van der Waals surface area contributed by atoms with Gasteiger partial charge in [0.1, 0.15) is 17.9 Å². The Kier molecular flexibility index (Phi) is 10.6. The van der Waals surface area contributed by atoms with Gasteiger partial charge in [-0.25, -0.2) is 14.8 Å². The van der Waals surface area contributed by atoms with E-state index in [0.29, 0.717) is 18.5 Å². The number of nitrogens with one attached hydrogen (secondary N) is 3. The second-order valence-electron chi connectivity index (χ2n) is 9.90. The van der Waals surface area contributed by atoms with Crippen molar-refractivity contribution in [3.8, 4) is 0 Å². The van der Waals surface area contributed by atoms with E-state index in [1.807, 2.05) is 27.7 Å². The summed E-state index contributed by atoms with van der Waals surface area (Å²) >= 11 is 0. The Morgan fingerprint density at radius 3 is 2.19 bits per heavy atom. The van der Waals surface area contributed by atoms with Crippen LogP contribution in [0.15, 0.2) is 15.6 Å². The maximum Gasteiger partial charge on any atom is 0.407 e. The molecular formula is C22H40IN5O3. The maximum absolute atomic E-state index is 12.0. The van der Waals surface area contributed by atoms with E-state index in [2.05, 4.69) is 46.7 Å². The van der Waals surface area contributed by atoms with Crippen LogP contribution in [0, 0.1) is 0 Å². The zero-order chi connectivity index (χ0) is 22.4. The summed E-state index contributed by atoms with van der Waals surface area (Å²) in [6, 6.07) is 0.467. The number of nitrogens with zero attached hydrogens (tertiary/aromatic N) is 2. The third-order valence-corrected chi connectivity index (χ3v) is 4.80. The van der Waals surface area contributed by atoms with Gasteiger partial charge in [-0.05, 0) is 53.4 Å². The number of alkyl carbamates (subject to hydrolysis) is 1. The summed E-state index contributed by atoms with van der Waals surface area (Å²) in [6.07, 6.45) is 5.17. The van der Waals surface area contributed by atoms with Crippen LogP contribution >= 0.6 is 24.0 Å². The van der Waals surface area contributed by atoms with Crippen molar-refractivity contribution >= 4 is 36.0 Å². The monoisotopic (exact) mass is 549 g/mol. The van der Waals surface area contributed by atoms with Gasteiger partial charge in [-0.15, -0.1) is 24.0 Å². The molecule has 1 heterocycles. The first kappa shape index (κ1) is 27.5. The van der Waals surface area contributed by atoms with Crippen molar-refractivity contribution in [2.75, 3.05) is 6.54 Å². The minimum Gasteiger partial charge on any atom is -0.444 e. The molecule has 2 rings (SSSR count). The molecule has 1 saturated carbocycles. The molecule has 1 aliphatic carbocycles. The molecule has 0 aromatic carbocycles. The Labute approximate surface area is 203 Å². The van der Waals surface area contributed by atoms with Gasteiger partial charge in [-0.3, -0.25) is 0 Å². The molecule has 1 aromatic heterocycles. The van der Waals surface area contributed by atoms with E-state index in [9.17, 15) is 4.79 Å². The lowest BCUT2D eigenvalue weighted by Crippen LogP contribution is -2.48. The number of amides is 1. The van der Waals surface area contributed by atoms with E-state index in [0.717, 1.165) is 43.9 Å². The average Bonchev–Trinajstić information content (AvgIpc) is 3.09. The quantitative estimate of drug-likeness (QED) is 0.285. The lowest BCUT2D eigenvalue weighted by Gasteiger charge is -2.31. The van der Waals surface area contributed by atoms with Crippen molar-refractivity contribution in [3.63, 3.8) is 0 Å². The summed E-state index contributed by atoms with van der Waals surface area (Å²) in [7, 11) is 0. The van der Waals surface area contributed by atoms with E-state index in [1.165, 1.54) is 0 Å². The predicted molar refractivity (Wildman–Crippen MR) is 134 cm³/mol. The standard InChI is InChI=1S/C22H39N5O3.HI/c1-8-23-19(25-14-18-24-13-17(29-18)21(2,3)4)26-15-9-11-16(12-10-15)27-20(28)30-22(5,6)7;/h13,15-16H,8-12,14H2,1-7H3,(H,27,28)(H2,23,25,26);1H. The van der Waals surface area contributed by atoms with Crippen LogP contribution < -0.4 is 16.0 Å². The van der Waals surface area contributed by atoms with Crippen LogP contribution in [-0.4, -0.2) is 41.3 Å². The van der Waals surface area contributed by atoms with Gasteiger partial charge in [0.2, 0.25) is 5.89 Å². The largest absolute Gasteiger partial charge is 0.444 e. The fourth-order valence-corrected chi connectivity index (χ4v) is 3.25. The van der Waals surface area contributed by atoms with Crippen molar-refractivity contribution < 1.29 is 13.9 Å². The number of aromatic nitrogens is 1. The molecule has 0 spiro atoms. The summed E-state index contributed by atoms with van der Waals surface area (Å²) in [4.78, 5) is 20.9. The summed E-state index contributed by atoms with van der Waals surface area (Å²) in [5, 5.41) is 9.77. The van der Waals surface area contributed by atoms with E-state index < -0.39 is 5.60 Å². The third kappa shape index (κ3) is 10.1. The predicted octanol–water partition coefficient (Wildman–Crippen LogP) is 4.48. The number of hydrogen-bond acceptors (Lipinski definition) is 5. The highest BCUT2D eigenvalue weighted by Crippen LogP contribution is 2.23. The van der Waals surface area contributed by atoms with E-state index >= 15 is 0 Å². The van der Waals surface area contributed by atoms with Gasteiger partial charge in [0.15, 0.2) is 5.96 Å². The molecule has 0 aliphatic heterocycles. The normalized spacial score (nSPS) is 19.9. The van der Waals surface area contributed by atoms with E-state index in [-0.39, 0.29) is 41.5 Å². The topological polar surface area (TPSA) is 101 Å². The van der Waals surface area contributed by atoms with Crippen LogP contribution in [0.1, 0.15) is 85.8 Å². The third-order valence-electron chi connectivity index (χ3n) is 4.80. The van der Waals surface area contributed by atoms with Crippen molar-refractivity contribution in [2.24, 2.45) is 4.99 Å². The molecule has 0 saturated heterocycles. The molecule has 0 unspecified atom stereocenters. The summed E-state index contributed by atoms with van der Waals surface area (Å²) in [6.45, 7) is 15.1. The number of carbonyl (C=O) groups excluding carboxylic acids is 1. The molecular weight excluding hydrogens is 509 g/mol. The number of ether oxygens (including phenoxy) is 1. The second-order valence-corrected chi connectivity index (χ2v) is 9.90. The first-order chi connectivity index (χ1) is 14.0. The molecule has 1 aromatic rings. The highest BCUT2D eigenvalue weighted by Gasteiger charge is 2.25. The van der Waals surface area contributed by atoms with Gasteiger partial charge >= 0.3 is 6.09 Å². The van der Waals surface area contributed by atoms with Gasteiger partial charge < -0.3 is 25.1 Å².